The minimum Gasteiger partial charge on any atom is -0.383 e. The Morgan fingerprint density at radius 2 is 1.50 bits per heavy atom. The number of methoxy groups -OCH3 is 1. The Bertz CT molecular complexity index is 907. The molecule has 0 atom stereocenters. The molecule has 3 rings (SSSR count). The number of nitrogens with one attached hydrogen (secondary N) is 3. The van der Waals surface area contributed by atoms with Crippen molar-refractivity contribution in [3.8, 4) is 0 Å². The second kappa shape index (κ2) is 11.9. The molecule has 1 saturated heterocycles. The number of hydrogen-bond acceptors (Lipinski definition) is 5. The van der Waals surface area contributed by atoms with Crippen LogP contribution in [0.5, 0.6) is 0 Å². The third kappa shape index (κ3) is 6.81. The van der Waals surface area contributed by atoms with Crippen molar-refractivity contribution in [2.45, 2.75) is 19.3 Å². The van der Waals surface area contributed by atoms with Crippen molar-refractivity contribution in [1.82, 2.24) is 10.2 Å². The van der Waals surface area contributed by atoms with Crippen molar-refractivity contribution in [1.29, 1.82) is 0 Å². The van der Waals surface area contributed by atoms with Crippen LogP contribution in [0.2, 0.25) is 0 Å². The third-order valence-corrected chi connectivity index (χ3v) is 5.25. The van der Waals surface area contributed by atoms with Gasteiger partial charge in [0.25, 0.3) is 11.8 Å². The van der Waals surface area contributed by atoms with Crippen LogP contribution >= 0.6 is 0 Å². The SMILES string of the molecule is COCCNC(=O)c1ccc(NCC(=O)Nc2ccc(C(=O)N3CCCCC3)cc2)cc1. The molecule has 1 heterocycles. The van der Waals surface area contributed by atoms with E-state index in [2.05, 4.69) is 16.0 Å². The highest BCUT2D eigenvalue weighted by atomic mass is 16.5. The van der Waals surface area contributed by atoms with E-state index in [4.69, 9.17) is 4.74 Å². The average molecular weight is 439 g/mol. The largest absolute Gasteiger partial charge is 0.383 e. The Morgan fingerprint density at radius 3 is 2.16 bits per heavy atom. The highest BCUT2D eigenvalue weighted by molar-refractivity contribution is 5.97. The first-order valence-corrected chi connectivity index (χ1v) is 10.9. The Balaban J connectivity index is 1.44. The Kier molecular flexibility index (Phi) is 8.62. The minimum absolute atomic E-state index is 0.0417. The zero-order chi connectivity index (χ0) is 22.8. The normalized spacial score (nSPS) is 13.3. The summed E-state index contributed by atoms with van der Waals surface area (Å²) in [5.41, 5.74) is 2.54. The molecule has 32 heavy (non-hydrogen) atoms. The van der Waals surface area contributed by atoms with Crippen molar-refractivity contribution < 1.29 is 19.1 Å². The van der Waals surface area contributed by atoms with Gasteiger partial charge in [-0.25, -0.2) is 0 Å². The third-order valence-electron chi connectivity index (χ3n) is 5.25. The molecule has 3 amide bonds. The van der Waals surface area contributed by atoms with Crippen LogP contribution in [-0.2, 0) is 9.53 Å². The summed E-state index contributed by atoms with van der Waals surface area (Å²) in [7, 11) is 1.58. The van der Waals surface area contributed by atoms with Gasteiger partial charge in [-0.15, -0.1) is 0 Å². The highest BCUT2D eigenvalue weighted by Gasteiger charge is 2.18. The Labute approximate surface area is 188 Å². The molecule has 0 bridgehead atoms. The molecule has 8 heteroatoms. The zero-order valence-corrected chi connectivity index (χ0v) is 18.4. The topological polar surface area (TPSA) is 99.8 Å². The van der Waals surface area contributed by atoms with E-state index in [0.29, 0.717) is 30.0 Å². The molecule has 170 valence electrons. The number of anilines is 2. The van der Waals surface area contributed by atoms with Crippen molar-refractivity contribution in [2.24, 2.45) is 0 Å². The summed E-state index contributed by atoms with van der Waals surface area (Å²) in [4.78, 5) is 38.6. The highest BCUT2D eigenvalue weighted by Crippen LogP contribution is 2.16. The lowest BCUT2D eigenvalue weighted by Crippen LogP contribution is -2.35. The molecule has 1 aliphatic rings. The Hall–Kier alpha value is -3.39. The summed E-state index contributed by atoms with van der Waals surface area (Å²) < 4.78 is 4.91. The number of amides is 3. The molecule has 0 spiro atoms. The molecule has 0 saturated carbocycles. The maximum atomic E-state index is 12.5. The molecule has 1 aliphatic heterocycles. The lowest BCUT2D eigenvalue weighted by atomic mass is 10.1. The standard InChI is InChI=1S/C24H30N4O4/c1-32-16-13-25-23(30)18-5-9-20(10-6-18)26-17-22(29)27-21-11-7-19(8-12-21)24(31)28-14-3-2-4-15-28/h5-12,26H,2-4,13-17H2,1H3,(H,25,30)(H,27,29). The average Bonchev–Trinajstić information content (AvgIpc) is 2.84. The van der Waals surface area contributed by atoms with Crippen LogP contribution in [0.15, 0.2) is 48.5 Å². The van der Waals surface area contributed by atoms with Gasteiger partial charge in [-0.05, 0) is 67.8 Å². The summed E-state index contributed by atoms with van der Waals surface area (Å²) in [6.07, 6.45) is 3.28. The van der Waals surface area contributed by atoms with E-state index in [-0.39, 0.29) is 24.3 Å². The van der Waals surface area contributed by atoms with Crippen molar-refractivity contribution in [3.63, 3.8) is 0 Å². The number of hydrogen-bond donors (Lipinski definition) is 3. The summed E-state index contributed by atoms with van der Waals surface area (Å²) in [5, 5.41) is 8.60. The van der Waals surface area contributed by atoms with Gasteiger partial charge in [0.1, 0.15) is 0 Å². The van der Waals surface area contributed by atoms with Gasteiger partial charge in [-0.1, -0.05) is 0 Å². The fourth-order valence-corrected chi connectivity index (χ4v) is 3.47. The number of rotatable bonds is 9. The van der Waals surface area contributed by atoms with E-state index in [1.807, 2.05) is 4.90 Å². The fraction of sp³-hybridized carbons (Fsp3) is 0.375. The first-order chi connectivity index (χ1) is 15.6. The van der Waals surface area contributed by atoms with Gasteiger partial charge in [0.15, 0.2) is 0 Å². The maximum absolute atomic E-state index is 12.5. The molecule has 0 aromatic heterocycles. The summed E-state index contributed by atoms with van der Waals surface area (Å²) in [6, 6.07) is 13.9. The number of ether oxygens (including phenoxy) is 1. The van der Waals surface area contributed by atoms with E-state index in [1.165, 1.54) is 6.42 Å². The fourth-order valence-electron chi connectivity index (χ4n) is 3.47. The second-order valence-corrected chi connectivity index (χ2v) is 7.66. The van der Waals surface area contributed by atoms with Crippen molar-refractivity contribution >= 4 is 29.1 Å². The minimum atomic E-state index is -0.207. The molecule has 0 unspecified atom stereocenters. The second-order valence-electron chi connectivity index (χ2n) is 7.66. The van der Waals surface area contributed by atoms with E-state index < -0.39 is 0 Å². The van der Waals surface area contributed by atoms with Crippen LogP contribution in [0.4, 0.5) is 11.4 Å². The molecular formula is C24H30N4O4. The molecule has 8 nitrogen and oxygen atoms in total. The van der Waals surface area contributed by atoms with Crippen molar-refractivity contribution in [3.05, 3.63) is 59.7 Å². The predicted octanol–water partition coefficient (Wildman–Crippen LogP) is 2.74. The van der Waals surface area contributed by atoms with Crippen molar-refractivity contribution in [2.75, 3.05) is 50.5 Å². The number of nitrogens with zero attached hydrogens (tertiary/aromatic N) is 1. The zero-order valence-electron chi connectivity index (χ0n) is 18.4. The Morgan fingerprint density at radius 1 is 0.875 bits per heavy atom. The number of carbonyl (C=O) groups is 3. The van der Waals surface area contributed by atoms with E-state index in [1.54, 1.807) is 55.6 Å². The molecule has 0 aliphatic carbocycles. The number of carbonyl (C=O) groups excluding carboxylic acids is 3. The van der Waals surface area contributed by atoms with Gasteiger partial charge in [0.05, 0.1) is 13.2 Å². The van der Waals surface area contributed by atoms with Gasteiger partial charge in [0.2, 0.25) is 5.91 Å². The predicted molar refractivity (Wildman–Crippen MR) is 124 cm³/mol. The molecule has 2 aromatic rings. The molecule has 1 fully saturated rings. The van der Waals surface area contributed by atoms with Gasteiger partial charge in [-0.3, -0.25) is 14.4 Å². The van der Waals surface area contributed by atoms with Gasteiger partial charge in [-0.2, -0.15) is 0 Å². The maximum Gasteiger partial charge on any atom is 0.253 e. The summed E-state index contributed by atoms with van der Waals surface area (Å²) in [6.45, 7) is 2.60. The lowest BCUT2D eigenvalue weighted by Gasteiger charge is -2.26. The molecule has 3 N–H and O–H groups in total. The number of piperidine rings is 1. The monoisotopic (exact) mass is 438 g/mol. The molecular weight excluding hydrogens is 408 g/mol. The van der Waals surface area contributed by atoms with Crippen LogP contribution < -0.4 is 16.0 Å². The van der Waals surface area contributed by atoms with Gasteiger partial charge in [0, 0.05) is 49.2 Å². The smallest absolute Gasteiger partial charge is 0.253 e. The van der Waals surface area contributed by atoms with E-state index in [9.17, 15) is 14.4 Å². The number of benzene rings is 2. The molecule has 0 radical (unpaired) electrons. The molecule has 2 aromatic carbocycles. The van der Waals surface area contributed by atoms with Gasteiger partial charge >= 0.3 is 0 Å². The first-order valence-electron chi connectivity index (χ1n) is 10.9. The first kappa shape index (κ1) is 23.3. The van der Waals surface area contributed by atoms with Crippen LogP contribution in [0.1, 0.15) is 40.0 Å². The van der Waals surface area contributed by atoms with E-state index >= 15 is 0 Å². The van der Waals surface area contributed by atoms with Crippen LogP contribution in [0, 0.1) is 0 Å². The van der Waals surface area contributed by atoms with E-state index in [0.717, 1.165) is 31.6 Å². The summed E-state index contributed by atoms with van der Waals surface area (Å²) in [5.74, 6) is -0.338. The lowest BCUT2D eigenvalue weighted by molar-refractivity contribution is -0.114. The summed E-state index contributed by atoms with van der Waals surface area (Å²) >= 11 is 0. The van der Waals surface area contributed by atoms with Crippen LogP contribution in [-0.4, -0.2) is 62.5 Å². The van der Waals surface area contributed by atoms with Gasteiger partial charge < -0.3 is 25.6 Å². The number of likely N-dealkylation sites (tertiary alicyclic amines) is 1. The van der Waals surface area contributed by atoms with Crippen LogP contribution in [0.3, 0.4) is 0 Å². The quantitative estimate of drug-likeness (QED) is 0.523. The van der Waals surface area contributed by atoms with Crippen LogP contribution in [0.25, 0.3) is 0 Å².